The van der Waals surface area contributed by atoms with Crippen LogP contribution in [-0.4, -0.2) is 60.7 Å². The summed E-state index contributed by atoms with van der Waals surface area (Å²) in [5.41, 5.74) is -33.4. The molecule has 1 aliphatic carbocycles. The van der Waals surface area contributed by atoms with Crippen molar-refractivity contribution in [3.63, 3.8) is 0 Å². The largest absolute Gasteiger partial charge is 0.416 e. The zero-order valence-electron chi connectivity index (χ0n) is 16.8. The molecule has 1 rings (SSSR count). The first kappa shape index (κ1) is 35.9. The predicted octanol–water partition coefficient (Wildman–Crippen LogP) is 9.18. The SMILES string of the molecule is FC(F)(F)C(C1=C(C(C(F)(F)F)(C(F)(F)F)C(F)(F)F)C(F)(F)C(F)(F)C(F)(F)C1(F)F)(C(F)(F)F)C(F)(F)F. The molecule has 0 aromatic heterocycles. The van der Waals surface area contributed by atoms with Crippen molar-refractivity contribution in [2.24, 2.45) is 10.8 Å². The lowest BCUT2D eigenvalue weighted by Crippen LogP contribution is -2.77. The summed E-state index contributed by atoms with van der Waals surface area (Å²) < 4.78 is 352. The van der Waals surface area contributed by atoms with E-state index in [1.54, 1.807) is 0 Å². The Hall–Kier alpha value is -2.08. The van der Waals surface area contributed by atoms with Gasteiger partial charge in [-0.1, -0.05) is 0 Å². The minimum Gasteiger partial charge on any atom is -0.194 e. The molecule has 0 bridgehead atoms. The predicted molar refractivity (Wildman–Crippen MR) is 68.0 cm³/mol. The van der Waals surface area contributed by atoms with Gasteiger partial charge in [0.25, 0.3) is 10.8 Å². The Balaban J connectivity index is 5.39. The van der Waals surface area contributed by atoms with Crippen LogP contribution in [0.1, 0.15) is 0 Å². The molecule has 0 saturated carbocycles. The zero-order chi connectivity index (χ0) is 33.2. The molecule has 1 aliphatic rings. The lowest BCUT2D eigenvalue weighted by Gasteiger charge is -2.54. The van der Waals surface area contributed by atoms with Gasteiger partial charge in [0.2, 0.25) is 0 Å². The molecule has 0 amide bonds. The molecule has 0 heterocycles. The van der Waals surface area contributed by atoms with Gasteiger partial charge in [0.05, 0.1) is 0 Å². The summed E-state index contributed by atoms with van der Waals surface area (Å²) in [4.78, 5) is 0. The van der Waals surface area contributed by atoms with Crippen LogP contribution in [0.25, 0.3) is 0 Å². The van der Waals surface area contributed by atoms with Gasteiger partial charge in [-0.2, -0.15) is 114 Å². The maximum atomic E-state index is 14.3. The van der Waals surface area contributed by atoms with Crippen LogP contribution in [0.4, 0.5) is 114 Å². The summed E-state index contributed by atoms with van der Waals surface area (Å²) in [6.07, 6.45) is -55.3. The number of hydrogen-bond donors (Lipinski definition) is 0. The molecule has 238 valence electrons. The van der Waals surface area contributed by atoms with E-state index in [0.717, 1.165) is 0 Å². The topological polar surface area (TPSA) is 0 Å². The maximum absolute atomic E-state index is 14.3. The van der Waals surface area contributed by atoms with Crippen LogP contribution in [0.5, 0.6) is 0 Å². The molecule has 0 N–H and O–H groups in total. The minimum atomic E-state index is -9.64. The highest BCUT2D eigenvalue weighted by atomic mass is 19.5. The average Bonchev–Trinajstić information content (AvgIpc) is 2.55. The average molecular weight is 662 g/mol. The maximum Gasteiger partial charge on any atom is 0.416 e. The van der Waals surface area contributed by atoms with Crippen molar-refractivity contribution < 1.29 is 114 Å². The highest BCUT2D eigenvalue weighted by Crippen LogP contribution is 2.78. The van der Waals surface area contributed by atoms with E-state index in [9.17, 15) is 114 Å². The Morgan fingerprint density at radius 1 is 0.275 bits per heavy atom. The van der Waals surface area contributed by atoms with Crippen molar-refractivity contribution in [3.8, 4) is 0 Å². The van der Waals surface area contributed by atoms with E-state index in [-0.39, 0.29) is 0 Å². The van der Waals surface area contributed by atoms with Crippen LogP contribution in [0.3, 0.4) is 0 Å². The molecular formula is C14F26. The monoisotopic (exact) mass is 662 g/mol. The molecular weight excluding hydrogens is 662 g/mol. The van der Waals surface area contributed by atoms with E-state index in [4.69, 9.17) is 0 Å². The summed E-state index contributed by atoms with van der Waals surface area (Å²) in [6.45, 7) is 0. The van der Waals surface area contributed by atoms with Gasteiger partial charge in [-0.25, -0.2) is 0 Å². The molecule has 26 heteroatoms. The first-order valence-electron chi connectivity index (χ1n) is 8.41. The van der Waals surface area contributed by atoms with E-state index >= 15 is 0 Å². The third-order valence-electron chi connectivity index (χ3n) is 5.36. The lowest BCUT2D eigenvalue weighted by atomic mass is 9.59. The molecule has 40 heavy (non-hydrogen) atoms. The normalized spacial score (nSPS) is 22.9. The van der Waals surface area contributed by atoms with Crippen LogP contribution in [0.15, 0.2) is 11.1 Å². The highest BCUT2D eigenvalue weighted by molar-refractivity contribution is 5.51. The Morgan fingerprint density at radius 3 is 0.500 bits per heavy atom. The summed E-state index contributed by atoms with van der Waals surface area (Å²) in [5.74, 6) is -36.5. The van der Waals surface area contributed by atoms with Crippen molar-refractivity contribution in [1.29, 1.82) is 0 Å². The van der Waals surface area contributed by atoms with Crippen molar-refractivity contribution in [2.75, 3.05) is 0 Å². The molecule has 0 aromatic rings. The first-order chi connectivity index (χ1) is 16.7. The van der Waals surface area contributed by atoms with E-state index in [0.29, 0.717) is 0 Å². The molecule has 0 spiro atoms. The Labute approximate surface area is 198 Å². The third-order valence-corrected chi connectivity index (χ3v) is 5.36. The quantitative estimate of drug-likeness (QED) is 0.205. The fraction of sp³-hybridized carbons (Fsp3) is 0.857. The van der Waals surface area contributed by atoms with E-state index in [1.165, 1.54) is 0 Å². The van der Waals surface area contributed by atoms with Crippen LogP contribution in [0.2, 0.25) is 0 Å². The van der Waals surface area contributed by atoms with Gasteiger partial charge >= 0.3 is 60.7 Å². The van der Waals surface area contributed by atoms with Crippen LogP contribution < -0.4 is 0 Å². The van der Waals surface area contributed by atoms with Crippen LogP contribution in [-0.2, 0) is 0 Å². The molecule has 0 aliphatic heterocycles. The van der Waals surface area contributed by atoms with Crippen LogP contribution in [0, 0.1) is 10.8 Å². The molecule has 0 saturated heterocycles. The summed E-state index contributed by atoms with van der Waals surface area (Å²) in [6, 6.07) is 0. The number of allylic oxidation sites excluding steroid dienone is 2. The minimum absolute atomic E-state index is 7.08. The summed E-state index contributed by atoms with van der Waals surface area (Å²) >= 11 is 0. The fourth-order valence-electron chi connectivity index (χ4n) is 3.68. The standard InChI is InChI=1S/C14F26/c15-5(16)1(3(9(23,24)25,10(26,27)28)11(29,30)31)2(6(17,18)8(21,22)7(5,19)20)4(12(32,33)34,13(35,36)37)14(38,39)40. The number of hydrogen-bond acceptors (Lipinski definition) is 0. The summed E-state index contributed by atoms with van der Waals surface area (Å²) in [7, 11) is 0. The molecule has 0 radical (unpaired) electrons. The van der Waals surface area contributed by atoms with Crippen LogP contribution >= 0.6 is 0 Å². The molecule has 0 unspecified atom stereocenters. The van der Waals surface area contributed by atoms with Gasteiger partial charge in [-0.3, -0.25) is 0 Å². The second kappa shape index (κ2) is 8.26. The van der Waals surface area contributed by atoms with Crippen molar-refractivity contribution in [1.82, 2.24) is 0 Å². The highest BCUT2D eigenvalue weighted by Gasteiger charge is 3.00. The van der Waals surface area contributed by atoms with Crippen molar-refractivity contribution in [2.45, 2.75) is 60.7 Å². The first-order valence-corrected chi connectivity index (χ1v) is 8.41. The Bertz CT molecular complexity index is 856. The second-order valence-electron chi connectivity index (χ2n) is 7.53. The van der Waals surface area contributed by atoms with Gasteiger partial charge in [0.15, 0.2) is 0 Å². The Kier molecular flexibility index (Phi) is 7.43. The molecule has 0 atom stereocenters. The Morgan fingerprint density at radius 2 is 0.400 bits per heavy atom. The van der Waals surface area contributed by atoms with Gasteiger partial charge in [0.1, 0.15) is 0 Å². The van der Waals surface area contributed by atoms with Crippen molar-refractivity contribution in [3.05, 3.63) is 11.1 Å². The van der Waals surface area contributed by atoms with Crippen molar-refractivity contribution >= 4 is 0 Å². The molecule has 0 aromatic carbocycles. The zero-order valence-corrected chi connectivity index (χ0v) is 16.8. The van der Waals surface area contributed by atoms with E-state index in [1.807, 2.05) is 0 Å². The lowest BCUT2D eigenvalue weighted by molar-refractivity contribution is -0.450. The molecule has 0 fully saturated rings. The van der Waals surface area contributed by atoms with Gasteiger partial charge in [-0.15, -0.1) is 0 Å². The number of alkyl halides is 26. The van der Waals surface area contributed by atoms with E-state index < -0.39 is 82.7 Å². The fourth-order valence-corrected chi connectivity index (χ4v) is 3.68. The van der Waals surface area contributed by atoms with Gasteiger partial charge in [0, 0.05) is 11.1 Å². The molecule has 0 nitrogen and oxygen atoms in total. The second-order valence-corrected chi connectivity index (χ2v) is 7.53. The van der Waals surface area contributed by atoms with Gasteiger partial charge in [-0.05, 0) is 0 Å². The summed E-state index contributed by atoms with van der Waals surface area (Å²) in [5, 5.41) is 0. The number of rotatable bonds is 2. The number of halogens is 26. The smallest absolute Gasteiger partial charge is 0.194 e. The van der Waals surface area contributed by atoms with E-state index in [2.05, 4.69) is 0 Å². The van der Waals surface area contributed by atoms with Gasteiger partial charge < -0.3 is 0 Å². The third kappa shape index (κ3) is 3.83.